The fourth-order valence-corrected chi connectivity index (χ4v) is 3.58. The van der Waals surface area contributed by atoms with Crippen LogP contribution in [0.4, 0.5) is 10.1 Å². The van der Waals surface area contributed by atoms with Crippen LogP contribution in [0, 0.1) is 5.82 Å². The van der Waals surface area contributed by atoms with Gasteiger partial charge in [0, 0.05) is 17.8 Å². The summed E-state index contributed by atoms with van der Waals surface area (Å²) in [5.41, 5.74) is 0.999. The molecule has 0 saturated carbocycles. The first-order valence-corrected chi connectivity index (χ1v) is 10.5. The largest absolute Gasteiger partial charge is 0.497 e. The van der Waals surface area contributed by atoms with Crippen molar-refractivity contribution in [1.82, 2.24) is 20.1 Å². The van der Waals surface area contributed by atoms with Gasteiger partial charge in [-0.1, -0.05) is 17.8 Å². The smallest absolute Gasteiger partial charge is 0.251 e. The molecule has 0 atom stereocenters. The van der Waals surface area contributed by atoms with E-state index in [2.05, 4.69) is 20.8 Å². The average molecular weight is 444 g/mol. The fraction of sp³-hybridized carbons (Fsp3) is 0.238. The van der Waals surface area contributed by atoms with E-state index in [4.69, 9.17) is 4.74 Å². The summed E-state index contributed by atoms with van der Waals surface area (Å²) >= 11 is 1.23. The van der Waals surface area contributed by atoms with Crippen molar-refractivity contribution in [3.8, 4) is 5.75 Å². The molecule has 0 aliphatic heterocycles. The molecule has 31 heavy (non-hydrogen) atoms. The van der Waals surface area contributed by atoms with Gasteiger partial charge in [-0.15, -0.1) is 10.2 Å². The van der Waals surface area contributed by atoms with Crippen LogP contribution in [-0.2, 0) is 17.9 Å². The van der Waals surface area contributed by atoms with Crippen LogP contribution in [0.3, 0.4) is 0 Å². The van der Waals surface area contributed by atoms with Crippen LogP contribution < -0.4 is 15.4 Å². The zero-order valence-corrected chi connectivity index (χ0v) is 17.9. The molecule has 0 spiro atoms. The first-order valence-electron chi connectivity index (χ1n) is 9.52. The summed E-state index contributed by atoms with van der Waals surface area (Å²) in [6, 6.07) is 12.4. The molecule has 8 nitrogen and oxygen atoms in total. The summed E-state index contributed by atoms with van der Waals surface area (Å²) in [7, 11) is 1.54. The molecule has 0 radical (unpaired) electrons. The van der Waals surface area contributed by atoms with E-state index in [1.807, 2.05) is 11.5 Å². The number of nitrogens with zero attached hydrogens (tertiary/aromatic N) is 3. The van der Waals surface area contributed by atoms with Gasteiger partial charge in [0.1, 0.15) is 11.6 Å². The molecule has 162 valence electrons. The number of rotatable bonds is 9. The summed E-state index contributed by atoms with van der Waals surface area (Å²) in [6.45, 7) is 2.71. The van der Waals surface area contributed by atoms with Gasteiger partial charge in [-0.3, -0.25) is 9.59 Å². The van der Waals surface area contributed by atoms with Crippen LogP contribution in [0.25, 0.3) is 0 Å². The Morgan fingerprint density at radius 2 is 1.94 bits per heavy atom. The van der Waals surface area contributed by atoms with E-state index in [1.165, 1.54) is 36.0 Å². The van der Waals surface area contributed by atoms with Crippen molar-refractivity contribution in [3.63, 3.8) is 0 Å². The van der Waals surface area contributed by atoms with Gasteiger partial charge in [0.15, 0.2) is 11.0 Å². The number of benzene rings is 2. The standard InChI is InChI=1S/C21H22FN5O3S/c1-3-27-18(12-23-20(29)14-5-4-6-17(11-14)30-2)25-26-21(27)31-13-19(28)24-16-9-7-15(22)8-10-16/h4-11H,3,12-13H2,1-2H3,(H,23,29)(H,24,28). The molecule has 2 aromatic carbocycles. The van der Waals surface area contributed by atoms with Crippen LogP contribution >= 0.6 is 11.8 Å². The SMILES string of the molecule is CCn1c(CNC(=O)c2cccc(OC)c2)nnc1SCC(=O)Nc1ccc(F)cc1. The summed E-state index contributed by atoms with van der Waals surface area (Å²) in [5.74, 6) is 0.440. The van der Waals surface area contributed by atoms with Crippen LogP contribution in [0.1, 0.15) is 23.1 Å². The number of nitrogens with one attached hydrogen (secondary N) is 2. The number of methoxy groups -OCH3 is 1. The van der Waals surface area contributed by atoms with Gasteiger partial charge in [-0.05, 0) is 49.4 Å². The molecule has 3 aromatic rings. The lowest BCUT2D eigenvalue weighted by Crippen LogP contribution is -2.24. The van der Waals surface area contributed by atoms with Crippen molar-refractivity contribution in [3.05, 3.63) is 65.7 Å². The Kier molecular flexibility index (Phi) is 7.60. The van der Waals surface area contributed by atoms with Gasteiger partial charge in [0.2, 0.25) is 5.91 Å². The number of hydrogen-bond acceptors (Lipinski definition) is 6. The number of halogens is 1. The number of anilines is 1. The average Bonchev–Trinajstić information content (AvgIpc) is 3.19. The van der Waals surface area contributed by atoms with Gasteiger partial charge in [0.25, 0.3) is 5.91 Å². The highest BCUT2D eigenvalue weighted by atomic mass is 32.2. The predicted octanol–water partition coefficient (Wildman–Crippen LogP) is 3.11. The topological polar surface area (TPSA) is 98.1 Å². The molecule has 0 aliphatic carbocycles. The molecule has 0 fully saturated rings. The summed E-state index contributed by atoms with van der Waals surface area (Å²) in [6.07, 6.45) is 0. The lowest BCUT2D eigenvalue weighted by molar-refractivity contribution is -0.113. The Labute approximate surface area is 183 Å². The molecule has 0 aliphatic rings. The quantitative estimate of drug-likeness (QED) is 0.493. The minimum Gasteiger partial charge on any atom is -0.497 e. The molecule has 2 amide bonds. The van der Waals surface area contributed by atoms with Crippen molar-refractivity contribution in [2.75, 3.05) is 18.2 Å². The van der Waals surface area contributed by atoms with Crippen LogP contribution in [0.5, 0.6) is 5.75 Å². The van der Waals surface area contributed by atoms with Crippen molar-refractivity contribution < 1.29 is 18.7 Å². The van der Waals surface area contributed by atoms with E-state index in [1.54, 1.807) is 31.4 Å². The van der Waals surface area contributed by atoms with E-state index in [0.717, 1.165) is 0 Å². The molecule has 0 saturated heterocycles. The molecule has 1 aromatic heterocycles. The van der Waals surface area contributed by atoms with Crippen LogP contribution in [0.2, 0.25) is 0 Å². The first-order chi connectivity index (χ1) is 15.0. The number of hydrogen-bond donors (Lipinski definition) is 2. The molecule has 3 rings (SSSR count). The van der Waals surface area contributed by atoms with Crippen molar-refractivity contribution in [2.45, 2.75) is 25.2 Å². The number of ether oxygens (including phenoxy) is 1. The number of carbonyl (C=O) groups excluding carboxylic acids is 2. The monoisotopic (exact) mass is 443 g/mol. The Balaban J connectivity index is 1.56. The number of carbonyl (C=O) groups is 2. The lowest BCUT2D eigenvalue weighted by atomic mass is 10.2. The maximum Gasteiger partial charge on any atom is 0.251 e. The third-order valence-electron chi connectivity index (χ3n) is 4.31. The second-order valence-electron chi connectivity index (χ2n) is 6.40. The first kappa shape index (κ1) is 22.3. The summed E-state index contributed by atoms with van der Waals surface area (Å²) < 4.78 is 19.9. The van der Waals surface area contributed by atoms with Crippen molar-refractivity contribution in [1.29, 1.82) is 0 Å². The van der Waals surface area contributed by atoms with Crippen LogP contribution in [-0.4, -0.2) is 39.4 Å². The van der Waals surface area contributed by atoms with Gasteiger partial charge in [-0.25, -0.2) is 4.39 Å². The lowest BCUT2D eigenvalue weighted by Gasteiger charge is -2.09. The zero-order chi connectivity index (χ0) is 22.2. The third kappa shape index (κ3) is 6.05. The molecular formula is C21H22FN5O3S. The van der Waals surface area contributed by atoms with Crippen molar-refractivity contribution in [2.24, 2.45) is 0 Å². The molecular weight excluding hydrogens is 421 g/mol. The van der Waals surface area contributed by atoms with Gasteiger partial charge in [-0.2, -0.15) is 0 Å². The second-order valence-corrected chi connectivity index (χ2v) is 7.34. The Morgan fingerprint density at radius 3 is 2.65 bits per heavy atom. The Hall–Kier alpha value is -3.40. The third-order valence-corrected chi connectivity index (χ3v) is 5.28. The normalized spacial score (nSPS) is 10.5. The minimum atomic E-state index is -0.366. The molecule has 10 heteroatoms. The number of thioether (sulfide) groups is 1. The van der Waals surface area contributed by atoms with Gasteiger partial charge >= 0.3 is 0 Å². The number of aromatic nitrogens is 3. The van der Waals surface area contributed by atoms with Gasteiger partial charge in [0.05, 0.1) is 19.4 Å². The fourth-order valence-electron chi connectivity index (χ4n) is 2.76. The van der Waals surface area contributed by atoms with E-state index >= 15 is 0 Å². The van der Waals surface area contributed by atoms with Crippen molar-refractivity contribution >= 4 is 29.3 Å². The second kappa shape index (κ2) is 10.6. The molecule has 2 N–H and O–H groups in total. The highest BCUT2D eigenvalue weighted by Gasteiger charge is 2.15. The minimum absolute atomic E-state index is 0.117. The van der Waals surface area contributed by atoms with E-state index < -0.39 is 0 Å². The maximum atomic E-state index is 13.0. The zero-order valence-electron chi connectivity index (χ0n) is 17.1. The number of amides is 2. The molecule has 0 bridgehead atoms. The summed E-state index contributed by atoms with van der Waals surface area (Å²) in [5, 5.41) is 14.4. The van der Waals surface area contributed by atoms with E-state index in [0.29, 0.717) is 34.5 Å². The van der Waals surface area contributed by atoms with Crippen LogP contribution in [0.15, 0.2) is 53.7 Å². The highest BCUT2D eigenvalue weighted by molar-refractivity contribution is 7.99. The predicted molar refractivity (Wildman–Crippen MR) is 116 cm³/mol. The molecule has 0 unspecified atom stereocenters. The van der Waals surface area contributed by atoms with E-state index in [9.17, 15) is 14.0 Å². The Morgan fingerprint density at radius 1 is 1.16 bits per heavy atom. The van der Waals surface area contributed by atoms with E-state index in [-0.39, 0.29) is 29.9 Å². The van der Waals surface area contributed by atoms with Gasteiger partial charge < -0.3 is 19.9 Å². The molecule has 1 heterocycles. The summed E-state index contributed by atoms with van der Waals surface area (Å²) in [4.78, 5) is 24.5. The highest BCUT2D eigenvalue weighted by Crippen LogP contribution is 2.18. The maximum absolute atomic E-state index is 13.0. The Bertz CT molecular complexity index is 1060.